The van der Waals surface area contributed by atoms with Crippen LogP contribution in [-0.4, -0.2) is 42.1 Å². The van der Waals surface area contributed by atoms with E-state index in [2.05, 4.69) is 5.32 Å². The van der Waals surface area contributed by atoms with Crippen LogP contribution in [0.3, 0.4) is 0 Å². The van der Waals surface area contributed by atoms with E-state index in [-0.39, 0.29) is 26.1 Å². The molecule has 8 nitrogen and oxygen atoms in total. The monoisotopic (exact) mass is 435 g/mol. The summed E-state index contributed by atoms with van der Waals surface area (Å²) in [7, 11) is 0. The third-order valence-electron chi connectivity index (χ3n) is 4.29. The summed E-state index contributed by atoms with van der Waals surface area (Å²) in [6.45, 7) is 9.76. The predicted octanol–water partition coefficient (Wildman–Crippen LogP) is 3.56. The number of benzene rings is 1. The maximum Gasteiger partial charge on any atom is 0.408 e. The summed E-state index contributed by atoms with van der Waals surface area (Å²) in [6.07, 6.45) is -0.991. The lowest BCUT2D eigenvalue weighted by Gasteiger charge is -2.28. The Labute approximate surface area is 183 Å². The first-order valence-corrected chi connectivity index (χ1v) is 10.3. The van der Waals surface area contributed by atoms with E-state index in [4.69, 9.17) is 14.2 Å². The van der Waals surface area contributed by atoms with E-state index in [0.717, 1.165) is 5.56 Å². The maximum absolute atomic E-state index is 13.1. The summed E-state index contributed by atoms with van der Waals surface area (Å²) in [5.74, 6) is -1.81. The minimum atomic E-state index is -1.51. The number of alkyl carbamates (subject to hydrolysis) is 1. The number of amides is 1. The summed E-state index contributed by atoms with van der Waals surface area (Å²) in [6, 6.07) is 8.05. The van der Waals surface area contributed by atoms with Gasteiger partial charge in [-0.05, 0) is 53.5 Å². The minimum Gasteiger partial charge on any atom is -0.465 e. The number of rotatable bonds is 10. The average Bonchev–Trinajstić information content (AvgIpc) is 2.68. The second kappa shape index (κ2) is 11.5. The van der Waals surface area contributed by atoms with Gasteiger partial charge < -0.3 is 19.5 Å². The molecule has 0 bridgehead atoms. The number of carbonyl (C=O) groups is 4. The normalized spacial score (nSPS) is 12.5. The Balaban J connectivity index is 2.83. The Bertz CT molecular complexity index is 766. The van der Waals surface area contributed by atoms with Gasteiger partial charge in [-0.1, -0.05) is 30.3 Å². The van der Waals surface area contributed by atoms with Crippen LogP contribution in [0.25, 0.3) is 0 Å². The van der Waals surface area contributed by atoms with Crippen LogP contribution in [0.4, 0.5) is 4.79 Å². The molecule has 31 heavy (non-hydrogen) atoms. The lowest BCUT2D eigenvalue weighted by Crippen LogP contribution is -2.50. The topological polar surface area (TPSA) is 108 Å². The molecular formula is C23H33NO7. The summed E-state index contributed by atoms with van der Waals surface area (Å²) in [4.78, 5) is 49.7. The Morgan fingerprint density at radius 1 is 0.968 bits per heavy atom. The highest BCUT2D eigenvalue weighted by atomic mass is 16.6. The Morgan fingerprint density at radius 2 is 1.58 bits per heavy atom. The molecule has 1 N–H and O–H groups in total. The zero-order valence-corrected chi connectivity index (χ0v) is 19.2. The second-order valence-electron chi connectivity index (χ2n) is 8.59. The SMILES string of the molecule is CCOC(=O)C(C)(C)C(=O)[C@H](CCC(=O)OCc1ccccc1)NC(=O)OC(C)(C)C. The van der Waals surface area contributed by atoms with E-state index >= 15 is 0 Å². The van der Waals surface area contributed by atoms with E-state index < -0.39 is 40.9 Å². The van der Waals surface area contributed by atoms with Gasteiger partial charge in [-0.2, -0.15) is 0 Å². The average molecular weight is 436 g/mol. The van der Waals surface area contributed by atoms with Crippen LogP contribution in [0.5, 0.6) is 0 Å². The molecule has 0 spiro atoms. The Hall–Kier alpha value is -2.90. The van der Waals surface area contributed by atoms with Crippen molar-refractivity contribution in [3.63, 3.8) is 0 Å². The van der Waals surface area contributed by atoms with Gasteiger partial charge in [0, 0.05) is 6.42 Å². The smallest absolute Gasteiger partial charge is 0.408 e. The highest BCUT2D eigenvalue weighted by Crippen LogP contribution is 2.23. The highest BCUT2D eigenvalue weighted by molar-refractivity contribution is 6.06. The number of ether oxygens (including phenoxy) is 3. The number of carbonyl (C=O) groups excluding carboxylic acids is 4. The third kappa shape index (κ3) is 9.19. The third-order valence-corrected chi connectivity index (χ3v) is 4.29. The maximum atomic E-state index is 13.1. The van der Waals surface area contributed by atoms with Gasteiger partial charge in [-0.25, -0.2) is 4.79 Å². The lowest BCUT2D eigenvalue weighted by molar-refractivity contribution is -0.158. The molecule has 1 aromatic carbocycles. The molecule has 1 rings (SSSR count). The Morgan fingerprint density at radius 3 is 2.13 bits per heavy atom. The van der Waals surface area contributed by atoms with Gasteiger partial charge in [0.25, 0.3) is 0 Å². The molecule has 0 heterocycles. The van der Waals surface area contributed by atoms with Crippen molar-refractivity contribution in [1.29, 1.82) is 0 Å². The Kier molecular flexibility index (Phi) is 9.68. The van der Waals surface area contributed by atoms with Crippen molar-refractivity contribution in [2.45, 2.75) is 72.6 Å². The van der Waals surface area contributed by atoms with Crippen molar-refractivity contribution >= 4 is 23.8 Å². The van der Waals surface area contributed by atoms with Crippen molar-refractivity contribution in [3.8, 4) is 0 Å². The molecule has 0 aliphatic carbocycles. The van der Waals surface area contributed by atoms with Crippen LogP contribution in [0.2, 0.25) is 0 Å². The van der Waals surface area contributed by atoms with Crippen LogP contribution < -0.4 is 5.32 Å². The van der Waals surface area contributed by atoms with Crippen molar-refractivity contribution in [2.24, 2.45) is 5.41 Å². The molecule has 0 unspecified atom stereocenters. The van der Waals surface area contributed by atoms with Crippen LogP contribution in [0, 0.1) is 5.41 Å². The van der Waals surface area contributed by atoms with Gasteiger partial charge in [0.2, 0.25) is 0 Å². The molecule has 1 atom stereocenters. The summed E-state index contributed by atoms with van der Waals surface area (Å²) < 4.78 is 15.4. The molecule has 0 aliphatic heterocycles. The van der Waals surface area contributed by atoms with E-state index in [1.807, 2.05) is 30.3 Å². The first kappa shape index (κ1) is 26.1. The van der Waals surface area contributed by atoms with Gasteiger partial charge >= 0.3 is 18.0 Å². The zero-order chi connectivity index (χ0) is 23.7. The van der Waals surface area contributed by atoms with E-state index in [9.17, 15) is 19.2 Å². The van der Waals surface area contributed by atoms with Gasteiger partial charge in [0.15, 0.2) is 5.78 Å². The number of hydrogen-bond donors (Lipinski definition) is 1. The van der Waals surface area contributed by atoms with Crippen molar-refractivity contribution in [1.82, 2.24) is 5.32 Å². The molecule has 0 fully saturated rings. The van der Waals surface area contributed by atoms with Crippen molar-refractivity contribution < 1.29 is 33.4 Å². The van der Waals surface area contributed by atoms with Crippen molar-refractivity contribution in [2.75, 3.05) is 6.61 Å². The largest absolute Gasteiger partial charge is 0.465 e. The molecule has 172 valence electrons. The summed E-state index contributed by atoms with van der Waals surface area (Å²) >= 11 is 0. The predicted molar refractivity (Wildman–Crippen MR) is 114 cm³/mol. The van der Waals surface area contributed by atoms with Gasteiger partial charge in [0.1, 0.15) is 17.6 Å². The first-order chi connectivity index (χ1) is 14.4. The number of nitrogens with one attached hydrogen (secondary N) is 1. The van der Waals surface area contributed by atoms with Crippen LogP contribution >= 0.6 is 0 Å². The fourth-order valence-corrected chi connectivity index (χ4v) is 2.64. The minimum absolute atomic E-state index is 0.0471. The zero-order valence-electron chi connectivity index (χ0n) is 19.2. The molecule has 0 saturated heterocycles. The summed E-state index contributed by atoms with van der Waals surface area (Å²) in [5.41, 5.74) is -1.45. The van der Waals surface area contributed by atoms with Crippen LogP contribution in [-0.2, 0) is 35.2 Å². The number of Topliss-reactive ketones (excluding diaryl/α,β-unsaturated/α-hetero) is 1. The number of ketones is 1. The first-order valence-electron chi connectivity index (χ1n) is 10.3. The lowest BCUT2D eigenvalue weighted by atomic mass is 9.83. The second-order valence-corrected chi connectivity index (χ2v) is 8.59. The van der Waals surface area contributed by atoms with Crippen LogP contribution in [0.1, 0.15) is 59.9 Å². The van der Waals surface area contributed by atoms with Gasteiger partial charge in [-0.15, -0.1) is 0 Å². The highest BCUT2D eigenvalue weighted by Gasteiger charge is 2.42. The standard InChI is InChI=1S/C23H33NO7/c1-7-29-20(27)23(5,6)19(26)17(24-21(28)31-22(2,3)4)13-14-18(25)30-15-16-11-9-8-10-12-16/h8-12,17H,7,13-15H2,1-6H3,(H,24,28)/t17-/m0/s1. The number of hydrogen-bond acceptors (Lipinski definition) is 7. The number of esters is 2. The van der Waals surface area contributed by atoms with Gasteiger partial charge in [-0.3, -0.25) is 14.4 Å². The molecule has 0 aliphatic rings. The van der Waals surface area contributed by atoms with Gasteiger partial charge in [0.05, 0.1) is 12.6 Å². The van der Waals surface area contributed by atoms with Crippen LogP contribution in [0.15, 0.2) is 30.3 Å². The molecular weight excluding hydrogens is 402 g/mol. The summed E-state index contributed by atoms with van der Waals surface area (Å²) in [5, 5.41) is 2.48. The van der Waals surface area contributed by atoms with Crippen molar-refractivity contribution in [3.05, 3.63) is 35.9 Å². The molecule has 8 heteroatoms. The van der Waals surface area contributed by atoms with E-state index in [1.165, 1.54) is 13.8 Å². The molecule has 0 saturated carbocycles. The molecule has 0 aromatic heterocycles. The van der Waals surface area contributed by atoms with E-state index in [1.54, 1.807) is 27.7 Å². The van der Waals surface area contributed by atoms with E-state index in [0.29, 0.717) is 0 Å². The molecule has 1 aromatic rings. The molecule has 1 amide bonds. The fourth-order valence-electron chi connectivity index (χ4n) is 2.64. The molecule has 0 radical (unpaired) electrons. The quantitative estimate of drug-likeness (QED) is 0.340. The fraction of sp³-hybridized carbons (Fsp3) is 0.565.